The van der Waals surface area contributed by atoms with Gasteiger partial charge in [-0.05, 0) is 44.9 Å². The molecule has 1 aliphatic heterocycles. The number of rotatable bonds is 8. The molecule has 1 fully saturated rings. The number of aryl methyl sites for hydroxylation is 1. The number of likely N-dealkylation sites (tertiary alicyclic amines) is 1. The molecular formula is C23H29N3O5S. The van der Waals surface area contributed by atoms with Crippen molar-refractivity contribution in [3.63, 3.8) is 0 Å². The van der Waals surface area contributed by atoms with Gasteiger partial charge in [0, 0.05) is 31.1 Å². The smallest absolute Gasteiger partial charge is 0.309 e. The fourth-order valence-corrected chi connectivity index (χ4v) is 4.17. The second-order valence-electron chi connectivity index (χ2n) is 7.74. The number of benzene rings is 1. The van der Waals surface area contributed by atoms with Crippen LogP contribution in [-0.4, -0.2) is 65.9 Å². The van der Waals surface area contributed by atoms with Gasteiger partial charge < -0.3 is 19.3 Å². The number of aromatic nitrogens is 1. The topological polar surface area (TPSA) is 89.0 Å². The molecule has 0 atom stereocenters. The maximum absolute atomic E-state index is 12.8. The van der Waals surface area contributed by atoms with Crippen LogP contribution >= 0.6 is 11.3 Å². The summed E-state index contributed by atoms with van der Waals surface area (Å²) >= 11 is 1.56. The van der Waals surface area contributed by atoms with Crippen LogP contribution in [0.2, 0.25) is 0 Å². The molecular weight excluding hydrogens is 430 g/mol. The van der Waals surface area contributed by atoms with Crippen molar-refractivity contribution in [3.05, 3.63) is 45.9 Å². The van der Waals surface area contributed by atoms with Crippen molar-refractivity contribution in [2.75, 3.05) is 33.3 Å². The molecule has 0 saturated carbocycles. The van der Waals surface area contributed by atoms with Crippen LogP contribution in [0, 0.1) is 12.8 Å². The van der Waals surface area contributed by atoms with Gasteiger partial charge in [-0.25, -0.2) is 4.98 Å². The fraction of sp³-hybridized carbons (Fsp3) is 0.478. The molecule has 3 rings (SSSR count). The Balaban J connectivity index is 1.51. The van der Waals surface area contributed by atoms with E-state index in [1.807, 2.05) is 12.3 Å². The fourth-order valence-electron chi connectivity index (χ4n) is 3.57. The standard InChI is InChI=1S/C23H29N3O5S/c1-4-30-23(29)17-8-10-26(11-9-17)21(27)13-25(3)22(28)18-6-5-7-20(12-18)31-14-19-15-32-16(2)24-19/h5-7,12,15,17H,4,8-11,13-14H2,1-3H3. The molecule has 1 aromatic carbocycles. The normalized spacial score (nSPS) is 14.2. The highest BCUT2D eigenvalue weighted by Gasteiger charge is 2.29. The van der Waals surface area contributed by atoms with Crippen molar-refractivity contribution < 1.29 is 23.9 Å². The van der Waals surface area contributed by atoms with Crippen LogP contribution in [0.25, 0.3) is 0 Å². The Morgan fingerprint density at radius 1 is 1.25 bits per heavy atom. The number of hydrogen-bond acceptors (Lipinski definition) is 7. The zero-order valence-electron chi connectivity index (χ0n) is 18.7. The second-order valence-corrected chi connectivity index (χ2v) is 8.80. The number of esters is 1. The zero-order chi connectivity index (χ0) is 23.1. The number of hydrogen-bond donors (Lipinski definition) is 0. The minimum atomic E-state index is -0.255. The summed E-state index contributed by atoms with van der Waals surface area (Å²) in [5.41, 5.74) is 1.30. The minimum Gasteiger partial charge on any atom is -0.487 e. The van der Waals surface area contributed by atoms with Crippen LogP contribution < -0.4 is 4.74 Å². The molecule has 0 N–H and O–H groups in total. The lowest BCUT2D eigenvalue weighted by Gasteiger charge is -2.32. The molecule has 0 unspecified atom stereocenters. The predicted molar refractivity (Wildman–Crippen MR) is 121 cm³/mol. The first kappa shape index (κ1) is 23.7. The molecule has 9 heteroatoms. The highest BCUT2D eigenvalue weighted by Crippen LogP contribution is 2.20. The van der Waals surface area contributed by atoms with E-state index < -0.39 is 0 Å². The Morgan fingerprint density at radius 3 is 2.66 bits per heavy atom. The molecule has 8 nitrogen and oxygen atoms in total. The van der Waals surface area contributed by atoms with Crippen molar-refractivity contribution in [2.24, 2.45) is 5.92 Å². The van der Waals surface area contributed by atoms with Gasteiger partial charge in [0.05, 0.1) is 29.8 Å². The Morgan fingerprint density at radius 2 is 2.00 bits per heavy atom. The third-order valence-electron chi connectivity index (χ3n) is 5.32. The average molecular weight is 460 g/mol. The van der Waals surface area contributed by atoms with Gasteiger partial charge in [0.15, 0.2) is 0 Å². The first-order chi connectivity index (χ1) is 15.4. The van der Waals surface area contributed by atoms with E-state index in [0.717, 1.165) is 10.7 Å². The van der Waals surface area contributed by atoms with E-state index in [9.17, 15) is 14.4 Å². The van der Waals surface area contributed by atoms with Crippen LogP contribution in [0.4, 0.5) is 0 Å². The van der Waals surface area contributed by atoms with Gasteiger partial charge in [0.2, 0.25) is 5.91 Å². The molecule has 2 aromatic rings. The van der Waals surface area contributed by atoms with Gasteiger partial charge in [0.25, 0.3) is 5.91 Å². The van der Waals surface area contributed by atoms with Crippen molar-refractivity contribution in [1.29, 1.82) is 0 Å². The molecule has 2 amide bonds. The van der Waals surface area contributed by atoms with E-state index in [4.69, 9.17) is 9.47 Å². The van der Waals surface area contributed by atoms with Crippen molar-refractivity contribution in [2.45, 2.75) is 33.3 Å². The van der Waals surface area contributed by atoms with Crippen LogP contribution in [-0.2, 0) is 20.9 Å². The van der Waals surface area contributed by atoms with E-state index >= 15 is 0 Å². The summed E-state index contributed by atoms with van der Waals surface area (Å²) in [6.45, 7) is 5.37. The first-order valence-corrected chi connectivity index (χ1v) is 11.6. The summed E-state index contributed by atoms with van der Waals surface area (Å²) in [5.74, 6) is -0.167. The van der Waals surface area contributed by atoms with E-state index in [2.05, 4.69) is 4.98 Å². The molecule has 0 bridgehead atoms. The number of amides is 2. The minimum absolute atomic E-state index is 0.0217. The maximum Gasteiger partial charge on any atom is 0.309 e. The summed E-state index contributed by atoms with van der Waals surface area (Å²) in [4.78, 5) is 44.8. The molecule has 1 aliphatic rings. The predicted octanol–water partition coefficient (Wildman–Crippen LogP) is 2.90. The van der Waals surface area contributed by atoms with Gasteiger partial charge in [-0.3, -0.25) is 14.4 Å². The zero-order valence-corrected chi connectivity index (χ0v) is 19.5. The van der Waals surface area contributed by atoms with Crippen LogP contribution in [0.3, 0.4) is 0 Å². The highest BCUT2D eigenvalue weighted by atomic mass is 32.1. The van der Waals surface area contributed by atoms with Crippen LogP contribution in [0.1, 0.15) is 40.8 Å². The van der Waals surface area contributed by atoms with Gasteiger partial charge in [0.1, 0.15) is 12.4 Å². The molecule has 2 heterocycles. The largest absolute Gasteiger partial charge is 0.487 e. The van der Waals surface area contributed by atoms with E-state index in [0.29, 0.717) is 50.5 Å². The monoisotopic (exact) mass is 459 g/mol. The Hall–Kier alpha value is -2.94. The number of likely N-dealkylation sites (N-methyl/N-ethyl adjacent to an activating group) is 1. The van der Waals surface area contributed by atoms with Crippen molar-refractivity contribution in [1.82, 2.24) is 14.8 Å². The lowest BCUT2D eigenvalue weighted by atomic mass is 9.97. The van der Waals surface area contributed by atoms with Gasteiger partial charge in [-0.1, -0.05) is 6.07 Å². The summed E-state index contributed by atoms with van der Waals surface area (Å²) in [6, 6.07) is 6.92. The summed E-state index contributed by atoms with van der Waals surface area (Å²) in [7, 11) is 1.61. The van der Waals surface area contributed by atoms with Crippen LogP contribution in [0.15, 0.2) is 29.6 Å². The molecule has 0 spiro atoms. The van der Waals surface area contributed by atoms with Gasteiger partial charge in [-0.2, -0.15) is 0 Å². The van der Waals surface area contributed by atoms with E-state index in [-0.39, 0.29) is 30.2 Å². The van der Waals surface area contributed by atoms with Gasteiger partial charge >= 0.3 is 5.97 Å². The summed E-state index contributed by atoms with van der Waals surface area (Å²) in [6.07, 6.45) is 1.17. The summed E-state index contributed by atoms with van der Waals surface area (Å²) in [5, 5.41) is 2.92. The van der Waals surface area contributed by atoms with Crippen molar-refractivity contribution in [3.8, 4) is 5.75 Å². The first-order valence-electron chi connectivity index (χ1n) is 10.7. The Labute approximate surface area is 192 Å². The number of carbonyl (C=O) groups is 3. The van der Waals surface area contributed by atoms with Crippen molar-refractivity contribution >= 4 is 29.1 Å². The highest BCUT2D eigenvalue weighted by molar-refractivity contribution is 7.09. The molecule has 32 heavy (non-hydrogen) atoms. The van der Waals surface area contributed by atoms with Crippen LogP contribution in [0.5, 0.6) is 5.75 Å². The molecule has 1 aromatic heterocycles. The van der Waals surface area contributed by atoms with E-state index in [1.54, 1.807) is 54.5 Å². The molecule has 0 aliphatic carbocycles. The maximum atomic E-state index is 12.8. The lowest BCUT2D eigenvalue weighted by molar-refractivity contribution is -0.151. The number of thiazole rings is 1. The number of piperidine rings is 1. The number of ether oxygens (including phenoxy) is 2. The van der Waals surface area contributed by atoms with E-state index in [1.165, 1.54) is 4.90 Å². The molecule has 1 saturated heterocycles. The third-order valence-corrected chi connectivity index (χ3v) is 6.14. The van der Waals surface area contributed by atoms with Gasteiger partial charge in [-0.15, -0.1) is 11.3 Å². The third kappa shape index (κ3) is 6.29. The molecule has 172 valence electrons. The molecule has 0 radical (unpaired) electrons. The quantitative estimate of drug-likeness (QED) is 0.564. The number of nitrogens with zero attached hydrogens (tertiary/aromatic N) is 3. The number of carbonyl (C=O) groups excluding carboxylic acids is 3. The Kier molecular flexibility index (Phi) is 8.21. The SMILES string of the molecule is CCOC(=O)C1CCN(C(=O)CN(C)C(=O)c2cccc(OCc3csc(C)n3)c2)CC1. The Bertz CT molecular complexity index is 953. The summed E-state index contributed by atoms with van der Waals surface area (Å²) < 4.78 is 10.8. The average Bonchev–Trinajstić information content (AvgIpc) is 3.22. The lowest BCUT2D eigenvalue weighted by Crippen LogP contribution is -2.45. The second kappa shape index (κ2) is 11.1.